The second kappa shape index (κ2) is 34.5. The Morgan fingerprint density at radius 2 is 1.08 bits per heavy atom. The van der Waals surface area contributed by atoms with Gasteiger partial charge in [0.05, 0.1) is 32.8 Å². The minimum Gasteiger partial charge on any atom is -0.480 e. The Morgan fingerprint density at radius 3 is 1.60 bits per heavy atom. The van der Waals surface area contributed by atoms with Crippen LogP contribution in [0.4, 0.5) is 0 Å². The van der Waals surface area contributed by atoms with Crippen molar-refractivity contribution in [2.75, 3.05) is 45.9 Å². The molecule has 0 spiro atoms. The molecule has 0 bridgehead atoms. The summed E-state index contributed by atoms with van der Waals surface area (Å²) in [6.45, 7) is 9.80. The van der Waals surface area contributed by atoms with E-state index in [4.69, 9.17) is 17.2 Å². The molecule has 0 aromatic carbocycles. The molecule has 0 radical (unpaired) electrons. The van der Waals surface area contributed by atoms with Gasteiger partial charge in [-0.25, -0.2) is 0 Å². The van der Waals surface area contributed by atoms with Crippen molar-refractivity contribution < 1.29 is 72.9 Å². The molecule has 1 rings (SSSR count). The maximum atomic E-state index is 14.2. The highest BCUT2D eigenvalue weighted by Gasteiger charge is 2.41. The van der Waals surface area contributed by atoms with E-state index in [2.05, 4.69) is 58.2 Å². The molecule has 1 aliphatic rings. The van der Waals surface area contributed by atoms with E-state index in [1.807, 2.05) is 0 Å². The predicted octanol–water partition coefficient (Wildman–Crippen LogP) is -6.65. The molecule has 0 saturated carbocycles. The number of likely N-dealkylation sites (tertiary alicyclic amines) is 1. The molecule has 19 N–H and O–H groups in total. The number of aliphatic imine (C=N–C) groups is 1. The van der Waals surface area contributed by atoms with E-state index in [0.29, 0.717) is 12.8 Å². The van der Waals surface area contributed by atoms with Gasteiger partial charge in [-0.1, -0.05) is 48.0 Å². The molecule has 11 amide bonds. The van der Waals surface area contributed by atoms with E-state index in [1.54, 1.807) is 41.5 Å². The number of amides is 11. The monoisotopic (exact) mass is 1100 g/mol. The molecule has 0 unspecified atom stereocenters. The fourth-order valence-corrected chi connectivity index (χ4v) is 7.59. The van der Waals surface area contributed by atoms with Gasteiger partial charge in [0.15, 0.2) is 5.96 Å². The van der Waals surface area contributed by atoms with Crippen LogP contribution in [-0.2, 0) is 57.5 Å². The second-order valence-electron chi connectivity index (χ2n) is 19.6. The van der Waals surface area contributed by atoms with Crippen LogP contribution in [0.2, 0.25) is 0 Å². The lowest BCUT2D eigenvalue weighted by Gasteiger charge is -2.32. The zero-order valence-corrected chi connectivity index (χ0v) is 45.2. The van der Waals surface area contributed by atoms with Gasteiger partial charge >= 0.3 is 5.97 Å². The number of carbonyl (C=O) groups excluding carboxylic acids is 11. The van der Waals surface area contributed by atoms with Gasteiger partial charge in [0.2, 0.25) is 65.0 Å². The van der Waals surface area contributed by atoms with Gasteiger partial charge in [0.25, 0.3) is 0 Å². The Morgan fingerprint density at radius 1 is 0.597 bits per heavy atom. The van der Waals surface area contributed by atoms with Crippen LogP contribution in [0, 0.1) is 17.8 Å². The molecule has 436 valence electrons. The lowest BCUT2D eigenvalue weighted by molar-refractivity contribution is -0.145. The fraction of sp³-hybridized carbons (Fsp3) is 0.723. The zero-order valence-electron chi connectivity index (χ0n) is 45.2. The fourth-order valence-electron chi connectivity index (χ4n) is 7.59. The molecular weight excluding hydrogens is 1010 g/mol. The third-order valence-electron chi connectivity index (χ3n) is 12.1. The number of aliphatic hydroxyl groups is 2. The quantitative estimate of drug-likeness (QED) is 0.0162. The molecule has 1 saturated heterocycles. The number of carboxylic acid groups (broad SMARTS) is 1. The number of rotatable bonds is 34. The number of hydrogen-bond acceptors (Lipinski definition) is 16. The van der Waals surface area contributed by atoms with Gasteiger partial charge in [-0.3, -0.25) is 62.5 Å². The predicted molar refractivity (Wildman–Crippen MR) is 277 cm³/mol. The summed E-state index contributed by atoms with van der Waals surface area (Å²) < 4.78 is 0. The second-order valence-corrected chi connectivity index (χ2v) is 19.6. The van der Waals surface area contributed by atoms with E-state index in [0.717, 1.165) is 0 Å². The molecule has 77 heavy (non-hydrogen) atoms. The number of nitrogens with zero attached hydrogens (tertiary/aromatic N) is 2. The van der Waals surface area contributed by atoms with Crippen LogP contribution < -0.4 is 70.4 Å². The number of hydrogen-bond donors (Lipinski definition) is 16. The summed E-state index contributed by atoms with van der Waals surface area (Å²) in [7, 11) is 0. The van der Waals surface area contributed by atoms with E-state index in [-0.39, 0.29) is 69.5 Å². The van der Waals surface area contributed by atoms with Crippen molar-refractivity contribution in [3.8, 4) is 0 Å². The number of guanidine groups is 1. The Kier molecular flexibility index (Phi) is 30.3. The first-order valence-corrected chi connectivity index (χ1v) is 25.6. The lowest BCUT2D eigenvalue weighted by atomic mass is 9.96. The van der Waals surface area contributed by atoms with Crippen molar-refractivity contribution in [1.82, 2.24) is 58.1 Å². The Balaban J connectivity index is 3.29. The van der Waals surface area contributed by atoms with Gasteiger partial charge in [0, 0.05) is 13.1 Å². The smallest absolute Gasteiger partial charge is 0.325 e. The number of carboxylic acids is 1. The van der Waals surface area contributed by atoms with E-state index >= 15 is 0 Å². The summed E-state index contributed by atoms with van der Waals surface area (Å²) in [6.07, 6.45) is 1.05. The number of carbonyl (C=O) groups is 12. The molecule has 1 fully saturated rings. The summed E-state index contributed by atoms with van der Waals surface area (Å²) >= 11 is 0. The van der Waals surface area contributed by atoms with E-state index in [1.165, 1.54) is 18.7 Å². The summed E-state index contributed by atoms with van der Waals surface area (Å²) in [4.78, 5) is 162. The minimum absolute atomic E-state index is 0.00505. The van der Waals surface area contributed by atoms with Gasteiger partial charge < -0.3 is 90.6 Å². The topological polar surface area (TPSA) is 479 Å². The van der Waals surface area contributed by atoms with Gasteiger partial charge in [-0.05, 0) is 70.1 Å². The summed E-state index contributed by atoms with van der Waals surface area (Å²) in [5.41, 5.74) is 16.1. The van der Waals surface area contributed by atoms with E-state index < -0.39 is 158 Å². The van der Waals surface area contributed by atoms with Crippen molar-refractivity contribution >= 4 is 76.9 Å². The average Bonchev–Trinajstić information content (AvgIpc) is 3.87. The maximum Gasteiger partial charge on any atom is 0.325 e. The van der Waals surface area contributed by atoms with Crippen molar-refractivity contribution in [2.45, 2.75) is 155 Å². The molecule has 1 aliphatic heterocycles. The van der Waals surface area contributed by atoms with Crippen LogP contribution in [0.15, 0.2) is 4.99 Å². The largest absolute Gasteiger partial charge is 0.480 e. The van der Waals surface area contributed by atoms with E-state index in [9.17, 15) is 72.9 Å². The molecule has 30 nitrogen and oxygen atoms in total. The standard InChI is InChI=1S/C47H83N15O15/c1-9-25(6)37(45(75)62-15-11-13-33(62)44(74)55-27(8)46(76)77)61-43(73)32(22-64)60-39(69)28(12-10-14-51-47(49)50)57-40(70)30(17-24(4)5)59-41(71)29(16-23(2)3)58-38(68)26(7)54-42(72)31(21-63)56-36(67)20-53-35(66)19-52-34(65)18-48/h23-33,37,63-64H,9-22,48H2,1-8H3,(H,52,65)(H,53,66)(H,54,72)(H,55,74)(H,56,67)(H,57,70)(H,58,68)(H,59,71)(H,60,69)(H,61,73)(H,76,77)(H4,49,50,51)/t25-,26-,27-,28-,29-,30-,31-,32-,33-,37-/m0/s1. The van der Waals surface area contributed by atoms with Crippen molar-refractivity contribution in [3.05, 3.63) is 0 Å². The van der Waals surface area contributed by atoms with Gasteiger partial charge in [0.1, 0.15) is 54.4 Å². The Bertz CT molecular complexity index is 2090. The van der Waals surface area contributed by atoms with Crippen LogP contribution in [0.3, 0.4) is 0 Å². The summed E-state index contributed by atoms with van der Waals surface area (Å²) in [5, 5.41) is 53.7. The Hall–Kier alpha value is -7.21. The normalized spacial score (nSPS) is 16.5. The third kappa shape index (κ3) is 24.6. The number of aliphatic carboxylic acids is 1. The van der Waals surface area contributed by atoms with Crippen LogP contribution in [0.25, 0.3) is 0 Å². The molecule has 10 atom stereocenters. The number of nitrogens with two attached hydrogens (primary N) is 3. The molecule has 0 aliphatic carbocycles. The average molecular weight is 1100 g/mol. The zero-order chi connectivity index (χ0) is 58.7. The van der Waals surface area contributed by atoms with Crippen LogP contribution in [0.5, 0.6) is 0 Å². The SMILES string of the molecule is CC[C@H](C)[C@H](NC(=O)[C@H](CO)NC(=O)[C@H](CCCN=C(N)N)NC(=O)[C@H](CC(C)C)NC(=O)[C@H](CC(C)C)NC(=O)[C@H](C)NC(=O)[C@H](CO)NC(=O)CNC(=O)CNC(=O)CN)C(=O)N1CCC[C@H]1C(=O)N[C@@H](C)C(=O)O. The van der Waals surface area contributed by atoms with Gasteiger partial charge in [-0.15, -0.1) is 0 Å². The van der Waals surface area contributed by atoms with Gasteiger partial charge in [-0.2, -0.15) is 0 Å². The molecular formula is C47H83N15O15. The highest BCUT2D eigenvalue weighted by Crippen LogP contribution is 2.22. The molecule has 1 heterocycles. The van der Waals surface area contributed by atoms with Crippen LogP contribution in [0.1, 0.15) is 100 Å². The van der Waals surface area contributed by atoms with Crippen molar-refractivity contribution in [1.29, 1.82) is 0 Å². The molecule has 0 aromatic heterocycles. The minimum atomic E-state index is -1.68. The van der Waals surface area contributed by atoms with Crippen molar-refractivity contribution in [2.24, 2.45) is 39.9 Å². The molecule has 30 heteroatoms. The summed E-state index contributed by atoms with van der Waals surface area (Å²) in [5.74, 6) is -11.5. The number of nitrogens with one attached hydrogen (secondary N) is 10. The first-order chi connectivity index (χ1) is 36.1. The third-order valence-corrected chi connectivity index (χ3v) is 12.1. The highest BCUT2D eigenvalue weighted by molar-refractivity contribution is 5.99. The summed E-state index contributed by atoms with van der Waals surface area (Å²) in [6, 6.07) is -12.2. The van der Waals surface area contributed by atoms with Crippen LogP contribution >= 0.6 is 0 Å². The first kappa shape index (κ1) is 67.8. The lowest BCUT2D eigenvalue weighted by Crippen LogP contribution is -2.61. The Labute approximate surface area is 447 Å². The van der Waals surface area contributed by atoms with Crippen LogP contribution in [-0.4, -0.2) is 197 Å². The highest BCUT2D eigenvalue weighted by atomic mass is 16.4. The van der Waals surface area contributed by atoms with Crippen molar-refractivity contribution in [3.63, 3.8) is 0 Å². The maximum absolute atomic E-state index is 14.2. The number of aliphatic hydroxyl groups excluding tert-OH is 2. The first-order valence-electron chi connectivity index (χ1n) is 25.6. The molecule has 0 aromatic rings.